The van der Waals surface area contributed by atoms with E-state index in [1.165, 1.54) is 13.8 Å². The van der Waals surface area contributed by atoms with Gasteiger partial charge < -0.3 is 14.8 Å². The Morgan fingerprint density at radius 3 is 2.44 bits per heavy atom. The van der Waals surface area contributed by atoms with Crippen molar-refractivity contribution in [3.05, 3.63) is 0 Å². The summed E-state index contributed by atoms with van der Waals surface area (Å²) in [6.07, 6.45) is -2.38. The lowest BCUT2D eigenvalue weighted by atomic mass is 9.87. The third kappa shape index (κ3) is 3.66. The van der Waals surface area contributed by atoms with Crippen molar-refractivity contribution in [1.82, 2.24) is 5.32 Å². The van der Waals surface area contributed by atoms with Crippen molar-refractivity contribution in [2.75, 3.05) is 6.61 Å². The summed E-state index contributed by atoms with van der Waals surface area (Å²) in [5.74, 6) is -1.07. The number of carbonyl (C=O) groups excluding carboxylic acids is 2. The molecular weight excluding hydrogens is 241 g/mol. The van der Waals surface area contributed by atoms with E-state index in [2.05, 4.69) is 5.32 Å². The van der Waals surface area contributed by atoms with Gasteiger partial charge in [0.05, 0.1) is 12.1 Å². The number of nitrogens with one attached hydrogen (secondary N) is 1. The molecule has 1 heterocycles. The molecule has 0 aromatic carbocycles. The molecule has 1 amide bonds. The second-order valence-electron chi connectivity index (χ2n) is 4.71. The van der Waals surface area contributed by atoms with E-state index in [4.69, 9.17) is 9.47 Å². The van der Waals surface area contributed by atoms with Gasteiger partial charge in [-0.3, -0.25) is 9.59 Å². The summed E-state index contributed by atoms with van der Waals surface area (Å²) in [7, 11) is 0. The molecule has 1 fully saturated rings. The summed E-state index contributed by atoms with van der Waals surface area (Å²) < 4.78 is 24.3. The van der Waals surface area contributed by atoms with Gasteiger partial charge in [0.25, 0.3) is 0 Å². The number of ether oxygens (including phenoxy) is 2. The molecule has 0 aromatic rings. The van der Waals surface area contributed by atoms with Gasteiger partial charge in [0, 0.05) is 19.8 Å². The van der Waals surface area contributed by atoms with Crippen LogP contribution in [0.25, 0.3) is 0 Å². The first-order valence-corrected chi connectivity index (χ1v) is 6.03. The van der Waals surface area contributed by atoms with Crippen molar-refractivity contribution in [3.8, 4) is 0 Å². The van der Waals surface area contributed by atoms with Crippen LogP contribution in [0.5, 0.6) is 0 Å². The first-order valence-electron chi connectivity index (χ1n) is 6.03. The standard InChI is InChI=1S/C12H20FNO4/c1-6-11(13)10(5-17-9(4)16)18-7(2)12(6)14-8(3)15/h6-7,10-12H,5H2,1-4H3,(H,14,15)/t6?,7-,10?,11+,12+/m1/s1. The molecular formula is C12H20FNO4. The third-order valence-corrected chi connectivity index (χ3v) is 3.14. The van der Waals surface area contributed by atoms with E-state index >= 15 is 0 Å². The van der Waals surface area contributed by atoms with Crippen molar-refractivity contribution in [2.45, 2.75) is 52.1 Å². The van der Waals surface area contributed by atoms with E-state index in [1.807, 2.05) is 0 Å². The molecule has 1 aliphatic heterocycles. The van der Waals surface area contributed by atoms with Crippen molar-refractivity contribution in [1.29, 1.82) is 0 Å². The fourth-order valence-electron chi connectivity index (χ4n) is 2.21. The van der Waals surface area contributed by atoms with Crippen LogP contribution in [-0.4, -0.2) is 42.9 Å². The Morgan fingerprint density at radius 2 is 1.94 bits per heavy atom. The molecule has 104 valence electrons. The second-order valence-corrected chi connectivity index (χ2v) is 4.71. The monoisotopic (exact) mass is 261 g/mol. The lowest BCUT2D eigenvalue weighted by Gasteiger charge is -2.41. The highest BCUT2D eigenvalue weighted by molar-refractivity contribution is 5.73. The molecule has 0 bridgehead atoms. The van der Waals surface area contributed by atoms with Crippen LogP contribution in [0.4, 0.5) is 4.39 Å². The molecule has 18 heavy (non-hydrogen) atoms. The average Bonchev–Trinajstić information content (AvgIpc) is 2.27. The number of esters is 1. The van der Waals surface area contributed by atoms with E-state index in [-0.39, 0.29) is 24.7 Å². The zero-order chi connectivity index (χ0) is 13.9. The van der Waals surface area contributed by atoms with Crippen LogP contribution in [0.3, 0.4) is 0 Å². The molecule has 5 atom stereocenters. The van der Waals surface area contributed by atoms with Gasteiger partial charge in [-0.1, -0.05) is 6.92 Å². The molecule has 1 rings (SSSR count). The Balaban J connectivity index is 2.64. The number of alkyl halides is 1. The van der Waals surface area contributed by atoms with Gasteiger partial charge in [0.2, 0.25) is 5.91 Å². The predicted molar refractivity (Wildman–Crippen MR) is 62.6 cm³/mol. The first kappa shape index (κ1) is 14.9. The van der Waals surface area contributed by atoms with E-state index in [1.54, 1.807) is 13.8 Å². The lowest BCUT2D eigenvalue weighted by molar-refractivity contribution is -0.166. The summed E-state index contributed by atoms with van der Waals surface area (Å²) in [5.41, 5.74) is 0. The van der Waals surface area contributed by atoms with Gasteiger partial charge >= 0.3 is 5.97 Å². The summed E-state index contributed by atoms with van der Waals surface area (Å²) in [6.45, 7) is 6.04. The van der Waals surface area contributed by atoms with E-state index in [9.17, 15) is 14.0 Å². The topological polar surface area (TPSA) is 64.6 Å². The Bertz CT molecular complexity index is 321. The van der Waals surface area contributed by atoms with Crippen LogP contribution < -0.4 is 5.32 Å². The van der Waals surface area contributed by atoms with Gasteiger partial charge in [-0.15, -0.1) is 0 Å². The molecule has 6 heteroatoms. The summed E-state index contributed by atoms with van der Waals surface area (Å²) >= 11 is 0. The lowest BCUT2D eigenvalue weighted by Crippen LogP contribution is -2.58. The second kappa shape index (κ2) is 6.13. The smallest absolute Gasteiger partial charge is 0.302 e. The number of amides is 1. The molecule has 1 aliphatic rings. The fourth-order valence-corrected chi connectivity index (χ4v) is 2.21. The molecule has 0 aromatic heterocycles. The normalized spacial score (nSPS) is 35.9. The van der Waals surface area contributed by atoms with E-state index in [0.29, 0.717) is 0 Å². The number of rotatable bonds is 3. The SMILES string of the molecule is CC(=O)N[C@H]1C(C)[C@H](F)C(COC(C)=O)O[C@@H]1C. The highest BCUT2D eigenvalue weighted by Crippen LogP contribution is 2.28. The Hall–Kier alpha value is -1.17. The molecule has 0 radical (unpaired) electrons. The molecule has 1 N–H and O–H groups in total. The zero-order valence-electron chi connectivity index (χ0n) is 11.1. The summed E-state index contributed by atoms with van der Waals surface area (Å²) in [4.78, 5) is 21.8. The minimum atomic E-state index is -1.28. The predicted octanol–water partition coefficient (Wildman–Crippen LogP) is 0.816. The highest BCUT2D eigenvalue weighted by atomic mass is 19.1. The highest BCUT2D eigenvalue weighted by Gasteiger charge is 2.42. The summed E-state index contributed by atoms with van der Waals surface area (Å²) in [6, 6.07) is -0.369. The van der Waals surface area contributed by atoms with Gasteiger partial charge in [-0.25, -0.2) is 4.39 Å². The summed E-state index contributed by atoms with van der Waals surface area (Å²) in [5, 5.41) is 2.69. The van der Waals surface area contributed by atoms with E-state index < -0.39 is 24.2 Å². The number of hydrogen-bond donors (Lipinski definition) is 1. The number of halogens is 1. The van der Waals surface area contributed by atoms with Crippen molar-refractivity contribution < 1.29 is 23.5 Å². The quantitative estimate of drug-likeness (QED) is 0.764. The largest absolute Gasteiger partial charge is 0.463 e. The van der Waals surface area contributed by atoms with Crippen molar-refractivity contribution in [3.63, 3.8) is 0 Å². The van der Waals surface area contributed by atoms with Gasteiger partial charge in [0.15, 0.2) is 0 Å². The molecule has 0 saturated carbocycles. The van der Waals surface area contributed by atoms with Crippen LogP contribution in [0, 0.1) is 5.92 Å². The average molecular weight is 261 g/mol. The van der Waals surface area contributed by atoms with Crippen LogP contribution in [0.15, 0.2) is 0 Å². The maximum absolute atomic E-state index is 14.1. The molecule has 2 unspecified atom stereocenters. The number of hydrogen-bond acceptors (Lipinski definition) is 4. The minimum absolute atomic E-state index is 0.0992. The molecule has 0 spiro atoms. The Labute approximate surface area is 106 Å². The van der Waals surface area contributed by atoms with Crippen molar-refractivity contribution in [2.24, 2.45) is 5.92 Å². The van der Waals surface area contributed by atoms with Crippen LogP contribution in [-0.2, 0) is 19.1 Å². The Kier molecular flexibility index (Phi) is 5.07. The maximum Gasteiger partial charge on any atom is 0.302 e. The van der Waals surface area contributed by atoms with Crippen LogP contribution in [0.2, 0.25) is 0 Å². The number of carbonyl (C=O) groups is 2. The molecule has 0 aliphatic carbocycles. The first-order chi connectivity index (χ1) is 8.32. The van der Waals surface area contributed by atoms with E-state index in [0.717, 1.165) is 0 Å². The van der Waals surface area contributed by atoms with Gasteiger partial charge in [0.1, 0.15) is 18.9 Å². The zero-order valence-corrected chi connectivity index (χ0v) is 11.1. The molecule has 1 saturated heterocycles. The maximum atomic E-state index is 14.1. The molecule has 5 nitrogen and oxygen atoms in total. The fraction of sp³-hybridized carbons (Fsp3) is 0.833. The third-order valence-electron chi connectivity index (χ3n) is 3.14. The van der Waals surface area contributed by atoms with Gasteiger partial charge in [-0.05, 0) is 6.92 Å². The van der Waals surface area contributed by atoms with Crippen LogP contribution in [0.1, 0.15) is 27.7 Å². The van der Waals surface area contributed by atoms with Crippen molar-refractivity contribution >= 4 is 11.9 Å². The van der Waals surface area contributed by atoms with Gasteiger partial charge in [-0.2, -0.15) is 0 Å². The Morgan fingerprint density at radius 1 is 1.33 bits per heavy atom. The minimum Gasteiger partial charge on any atom is -0.463 e. The van der Waals surface area contributed by atoms with Crippen LogP contribution >= 0.6 is 0 Å².